The highest BCUT2D eigenvalue weighted by molar-refractivity contribution is 7.88. The van der Waals surface area contributed by atoms with E-state index < -0.39 is 15.6 Å². The molecule has 2 aliphatic heterocycles. The molecule has 0 aromatic heterocycles. The Morgan fingerprint density at radius 2 is 1.82 bits per heavy atom. The van der Waals surface area contributed by atoms with Gasteiger partial charge >= 0.3 is 6.09 Å². The Hall–Kier alpha value is -2.13. The molecule has 1 N–H and O–H groups in total. The molecule has 1 aromatic rings. The molecule has 2 aliphatic rings. The molecular weight excluding hydrogens is 442 g/mol. The summed E-state index contributed by atoms with van der Waals surface area (Å²) in [6.45, 7) is 11.6. The molecule has 2 heterocycles. The van der Waals surface area contributed by atoms with Crippen molar-refractivity contribution in [2.24, 2.45) is 11.8 Å². The average Bonchev–Trinajstić information content (AvgIpc) is 3.09. The van der Waals surface area contributed by atoms with Gasteiger partial charge in [0.2, 0.25) is 10.0 Å². The number of fused-ring (bicyclic) bond motifs is 1. The van der Waals surface area contributed by atoms with E-state index in [1.165, 1.54) is 10.6 Å². The second-order valence-corrected chi connectivity index (χ2v) is 12.5. The van der Waals surface area contributed by atoms with Crippen molar-refractivity contribution >= 4 is 22.0 Å². The van der Waals surface area contributed by atoms with Crippen LogP contribution in [0.2, 0.25) is 0 Å². The number of rotatable bonds is 5. The van der Waals surface area contributed by atoms with Gasteiger partial charge in [-0.1, -0.05) is 19.9 Å². The van der Waals surface area contributed by atoms with E-state index in [9.17, 15) is 18.0 Å². The number of nitrogens with zero attached hydrogens (tertiary/aromatic N) is 2. The number of hydrogen-bond donors (Lipinski definition) is 1. The molecule has 2 amide bonds. The molecule has 9 heteroatoms. The predicted molar refractivity (Wildman–Crippen MR) is 127 cm³/mol. The first-order chi connectivity index (χ1) is 15.3. The van der Waals surface area contributed by atoms with Crippen molar-refractivity contribution in [2.75, 3.05) is 25.9 Å². The Morgan fingerprint density at radius 1 is 1.18 bits per heavy atom. The molecule has 1 saturated heterocycles. The predicted octanol–water partition coefficient (Wildman–Crippen LogP) is 3.54. The van der Waals surface area contributed by atoms with Crippen molar-refractivity contribution in [1.29, 1.82) is 0 Å². The van der Waals surface area contributed by atoms with Gasteiger partial charge in [-0.15, -0.1) is 0 Å². The second kappa shape index (κ2) is 9.62. The third kappa shape index (κ3) is 6.26. The van der Waals surface area contributed by atoms with Crippen molar-refractivity contribution in [3.63, 3.8) is 0 Å². The first-order valence-corrected chi connectivity index (χ1v) is 13.5. The summed E-state index contributed by atoms with van der Waals surface area (Å²) in [6.07, 6.45) is 2.36. The molecule has 8 nitrogen and oxygen atoms in total. The van der Waals surface area contributed by atoms with Crippen LogP contribution < -0.4 is 5.32 Å². The minimum Gasteiger partial charge on any atom is -0.444 e. The van der Waals surface area contributed by atoms with Crippen molar-refractivity contribution in [3.05, 3.63) is 34.9 Å². The molecule has 0 aliphatic carbocycles. The van der Waals surface area contributed by atoms with E-state index in [0.717, 1.165) is 24.0 Å². The standard InChI is InChI=1S/C24H37N3O5S/c1-16(2)21-20-8-7-18(13-19(20)15-27(21)23(29)32-24(3,4)5)22(28)25-14-17-9-11-26(12-10-17)33(6,30)31/h7-8,13,16-17,21H,9-12,14-15H2,1-6H3,(H,25,28). The Bertz CT molecular complexity index is 992. The largest absolute Gasteiger partial charge is 0.444 e. The zero-order chi connectivity index (χ0) is 24.6. The minimum absolute atomic E-state index is 0.0907. The lowest BCUT2D eigenvalue weighted by atomic mass is 9.94. The van der Waals surface area contributed by atoms with E-state index in [1.54, 1.807) is 4.90 Å². The summed E-state index contributed by atoms with van der Waals surface area (Å²) < 4.78 is 30.4. The molecule has 0 bridgehead atoms. The van der Waals surface area contributed by atoms with Crippen LogP contribution in [0.1, 0.15) is 75.0 Å². The summed E-state index contributed by atoms with van der Waals surface area (Å²) >= 11 is 0. The molecule has 1 aromatic carbocycles. The number of ether oxygens (including phenoxy) is 1. The number of piperidine rings is 1. The van der Waals surface area contributed by atoms with Crippen LogP contribution in [0.3, 0.4) is 0 Å². The lowest BCUT2D eigenvalue weighted by Gasteiger charge is -2.30. The lowest BCUT2D eigenvalue weighted by Crippen LogP contribution is -2.41. The van der Waals surface area contributed by atoms with E-state index in [4.69, 9.17) is 4.74 Å². The first kappa shape index (κ1) is 25.5. The Balaban J connectivity index is 1.64. The smallest absolute Gasteiger partial charge is 0.411 e. The molecule has 0 saturated carbocycles. The van der Waals surface area contributed by atoms with Crippen LogP contribution in [0.4, 0.5) is 4.79 Å². The fourth-order valence-electron chi connectivity index (χ4n) is 4.62. The summed E-state index contributed by atoms with van der Waals surface area (Å²) in [7, 11) is -3.15. The average molecular weight is 480 g/mol. The summed E-state index contributed by atoms with van der Waals surface area (Å²) in [6, 6.07) is 5.54. The number of sulfonamides is 1. The van der Waals surface area contributed by atoms with E-state index in [0.29, 0.717) is 31.7 Å². The molecule has 184 valence electrons. The highest BCUT2D eigenvalue weighted by Gasteiger charge is 2.38. The van der Waals surface area contributed by atoms with Gasteiger partial charge in [-0.05, 0) is 68.7 Å². The first-order valence-electron chi connectivity index (χ1n) is 11.6. The minimum atomic E-state index is -3.15. The van der Waals surface area contributed by atoms with Gasteiger partial charge in [-0.2, -0.15) is 0 Å². The number of amides is 2. The fourth-order valence-corrected chi connectivity index (χ4v) is 5.50. The van der Waals surface area contributed by atoms with Gasteiger partial charge in [0, 0.05) is 25.2 Å². The summed E-state index contributed by atoms with van der Waals surface area (Å²) in [5.41, 5.74) is 2.01. The maximum atomic E-state index is 12.8. The van der Waals surface area contributed by atoms with Crippen LogP contribution >= 0.6 is 0 Å². The number of hydrogen-bond acceptors (Lipinski definition) is 5. The van der Waals surface area contributed by atoms with E-state index >= 15 is 0 Å². The van der Waals surface area contributed by atoms with Gasteiger partial charge in [-0.25, -0.2) is 17.5 Å². The van der Waals surface area contributed by atoms with Gasteiger partial charge in [0.05, 0.1) is 18.8 Å². The van der Waals surface area contributed by atoms with Gasteiger partial charge < -0.3 is 10.1 Å². The van der Waals surface area contributed by atoms with Crippen LogP contribution in [0.15, 0.2) is 18.2 Å². The zero-order valence-corrected chi connectivity index (χ0v) is 21.4. The van der Waals surface area contributed by atoms with E-state index in [2.05, 4.69) is 19.2 Å². The van der Waals surface area contributed by atoms with Gasteiger partial charge in [0.25, 0.3) is 5.91 Å². The molecule has 0 radical (unpaired) electrons. The van der Waals surface area contributed by atoms with E-state index in [1.807, 2.05) is 39.0 Å². The summed E-state index contributed by atoms with van der Waals surface area (Å²) in [5.74, 6) is 0.311. The normalized spacial score (nSPS) is 20.1. The molecular formula is C24H37N3O5S. The van der Waals surface area contributed by atoms with Crippen LogP contribution in [-0.2, 0) is 21.3 Å². The second-order valence-electron chi connectivity index (χ2n) is 10.5. The third-order valence-corrected chi connectivity index (χ3v) is 7.56. The number of benzene rings is 1. The number of nitrogens with one attached hydrogen (secondary N) is 1. The van der Waals surface area contributed by atoms with Crippen molar-refractivity contribution in [3.8, 4) is 0 Å². The Kier molecular flexibility index (Phi) is 7.43. The van der Waals surface area contributed by atoms with Crippen LogP contribution in [0.25, 0.3) is 0 Å². The SMILES string of the molecule is CC(C)C1c2ccc(C(=O)NCC3CCN(S(C)(=O)=O)CC3)cc2CN1C(=O)OC(C)(C)C. The van der Waals surface area contributed by atoms with Crippen LogP contribution in [0, 0.1) is 11.8 Å². The Morgan fingerprint density at radius 3 is 2.36 bits per heavy atom. The summed E-state index contributed by atoms with van der Waals surface area (Å²) in [5, 5.41) is 3.00. The number of carbonyl (C=O) groups is 2. The topological polar surface area (TPSA) is 96.0 Å². The molecule has 1 unspecified atom stereocenters. The lowest BCUT2D eigenvalue weighted by molar-refractivity contribution is 0.0127. The fraction of sp³-hybridized carbons (Fsp3) is 0.667. The van der Waals surface area contributed by atoms with Crippen molar-refractivity contribution in [2.45, 2.75) is 65.6 Å². The van der Waals surface area contributed by atoms with Crippen molar-refractivity contribution in [1.82, 2.24) is 14.5 Å². The zero-order valence-electron chi connectivity index (χ0n) is 20.6. The molecule has 1 atom stereocenters. The van der Waals surface area contributed by atoms with Gasteiger partial charge in [-0.3, -0.25) is 9.69 Å². The highest BCUT2D eigenvalue weighted by atomic mass is 32.2. The molecule has 3 rings (SSSR count). The highest BCUT2D eigenvalue weighted by Crippen LogP contribution is 2.40. The Labute approximate surface area is 197 Å². The maximum absolute atomic E-state index is 12.8. The maximum Gasteiger partial charge on any atom is 0.411 e. The van der Waals surface area contributed by atoms with Crippen LogP contribution in [-0.4, -0.2) is 61.1 Å². The third-order valence-electron chi connectivity index (χ3n) is 6.25. The van der Waals surface area contributed by atoms with Gasteiger partial charge in [0.1, 0.15) is 5.60 Å². The van der Waals surface area contributed by atoms with Crippen LogP contribution in [0.5, 0.6) is 0 Å². The van der Waals surface area contributed by atoms with E-state index in [-0.39, 0.29) is 29.9 Å². The van der Waals surface area contributed by atoms with Crippen molar-refractivity contribution < 1.29 is 22.7 Å². The monoisotopic (exact) mass is 479 g/mol. The molecule has 1 fully saturated rings. The summed E-state index contributed by atoms with van der Waals surface area (Å²) in [4.78, 5) is 27.4. The van der Waals surface area contributed by atoms with Gasteiger partial charge in [0.15, 0.2) is 0 Å². The molecule has 0 spiro atoms. The molecule has 33 heavy (non-hydrogen) atoms. The quantitative estimate of drug-likeness (QED) is 0.697. The number of carbonyl (C=O) groups excluding carboxylic acids is 2.